The van der Waals surface area contributed by atoms with Gasteiger partial charge in [0.2, 0.25) is 5.89 Å². The summed E-state index contributed by atoms with van der Waals surface area (Å²) in [5.74, 6) is 1.72. The van der Waals surface area contributed by atoms with E-state index in [9.17, 15) is 4.79 Å². The average molecular weight is 377 g/mol. The number of hydrogen-bond acceptors (Lipinski definition) is 5. The maximum absolute atomic E-state index is 12.5. The molecule has 1 fully saturated rings. The third-order valence-electron chi connectivity index (χ3n) is 4.91. The van der Waals surface area contributed by atoms with E-state index in [1.54, 1.807) is 17.0 Å². The molecular weight excluding hydrogens is 354 g/mol. The summed E-state index contributed by atoms with van der Waals surface area (Å²) in [7, 11) is 0. The molecule has 1 aliphatic heterocycles. The van der Waals surface area contributed by atoms with Crippen molar-refractivity contribution in [3.05, 3.63) is 77.9 Å². The molecule has 0 bridgehead atoms. The molecule has 2 aromatic carbocycles. The summed E-state index contributed by atoms with van der Waals surface area (Å²) in [4.78, 5) is 18.8. The SMILES string of the molecule is O=C(Oc1ccccc1)N1CCC[C@H]1c1nc(CCCc2ccccc2)no1. The van der Waals surface area contributed by atoms with E-state index in [-0.39, 0.29) is 12.1 Å². The van der Waals surface area contributed by atoms with Gasteiger partial charge in [0.05, 0.1) is 0 Å². The molecule has 28 heavy (non-hydrogen) atoms. The third kappa shape index (κ3) is 4.39. The molecule has 1 atom stereocenters. The smallest absolute Gasteiger partial charge is 0.410 e. The molecule has 1 saturated heterocycles. The highest BCUT2D eigenvalue weighted by atomic mass is 16.6. The summed E-state index contributed by atoms with van der Waals surface area (Å²) in [6, 6.07) is 19.2. The van der Waals surface area contributed by atoms with Crippen LogP contribution in [0.5, 0.6) is 5.75 Å². The van der Waals surface area contributed by atoms with Gasteiger partial charge in [-0.1, -0.05) is 53.7 Å². The minimum atomic E-state index is -0.377. The van der Waals surface area contributed by atoms with Gasteiger partial charge in [-0.15, -0.1) is 0 Å². The van der Waals surface area contributed by atoms with Gasteiger partial charge in [0, 0.05) is 13.0 Å². The molecule has 1 aliphatic rings. The number of aryl methyl sites for hydroxylation is 2. The number of benzene rings is 2. The van der Waals surface area contributed by atoms with Crippen LogP contribution in [0.4, 0.5) is 4.79 Å². The number of ether oxygens (including phenoxy) is 1. The van der Waals surface area contributed by atoms with Crippen molar-refractivity contribution < 1.29 is 14.1 Å². The van der Waals surface area contributed by atoms with Crippen LogP contribution >= 0.6 is 0 Å². The van der Waals surface area contributed by atoms with E-state index in [0.29, 0.717) is 24.0 Å². The zero-order valence-corrected chi connectivity index (χ0v) is 15.7. The van der Waals surface area contributed by atoms with Gasteiger partial charge in [0.1, 0.15) is 11.8 Å². The van der Waals surface area contributed by atoms with Crippen LogP contribution in [0.2, 0.25) is 0 Å². The van der Waals surface area contributed by atoms with E-state index in [1.807, 2.05) is 36.4 Å². The second-order valence-corrected chi connectivity index (χ2v) is 6.92. The van der Waals surface area contributed by atoms with Crippen LogP contribution in [0.25, 0.3) is 0 Å². The van der Waals surface area contributed by atoms with Crippen molar-refractivity contribution in [2.24, 2.45) is 0 Å². The number of carbonyl (C=O) groups excluding carboxylic acids is 1. The molecular formula is C22H23N3O3. The minimum absolute atomic E-state index is 0.216. The predicted octanol–water partition coefficient (Wildman–Crippen LogP) is 4.58. The number of likely N-dealkylation sites (tertiary alicyclic amines) is 1. The Labute approximate surface area is 164 Å². The monoisotopic (exact) mass is 377 g/mol. The lowest BCUT2D eigenvalue weighted by molar-refractivity contribution is 0.138. The lowest BCUT2D eigenvalue weighted by atomic mass is 10.1. The van der Waals surface area contributed by atoms with E-state index in [0.717, 1.165) is 32.1 Å². The lowest BCUT2D eigenvalue weighted by Gasteiger charge is -2.20. The Morgan fingerprint density at radius 2 is 1.82 bits per heavy atom. The van der Waals surface area contributed by atoms with Gasteiger partial charge in [-0.05, 0) is 43.4 Å². The standard InChI is InChI=1S/C22H23N3O3/c26-22(27-18-12-5-2-6-13-18)25-16-8-14-19(25)21-23-20(24-28-21)15-7-11-17-9-3-1-4-10-17/h1-6,9-10,12-13,19H,7-8,11,14-16H2/t19-/m0/s1. The van der Waals surface area contributed by atoms with Crippen molar-refractivity contribution in [1.29, 1.82) is 0 Å². The van der Waals surface area contributed by atoms with Crippen molar-refractivity contribution >= 4 is 6.09 Å². The highest BCUT2D eigenvalue weighted by molar-refractivity contribution is 5.71. The number of rotatable bonds is 6. The Bertz CT molecular complexity index is 896. The van der Waals surface area contributed by atoms with E-state index < -0.39 is 0 Å². The summed E-state index contributed by atoms with van der Waals surface area (Å²) >= 11 is 0. The molecule has 3 aromatic rings. The molecule has 1 amide bonds. The first kappa shape index (κ1) is 18.2. The predicted molar refractivity (Wildman–Crippen MR) is 104 cm³/mol. The largest absolute Gasteiger partial charge is 0.415 e. The fourth-order valence-electron chi connectivity index (χ4n) is 3.49. The molecule has 0 unspecified atom stereocenters. The van der Waals surface area contributed by atoms with Crippen molar-refractivity contribution in [2.75, 3.05) is 6.54 Å². The summed E-state index contributed by atoms with van der Waals surface area (Å²) in [6.45, 7) is 0.627. The minimum Gasteiger partial charge on any atom is -0.410 e. The first-order valence-electron chi connectivity index (χ1n) is 9.69. The van der Waals surface area contributed by atoms with Crippen LogP contribution in [0, 0.1) is 0 Å². The fourth-order valence-corrected chi connectivity index (χ4v) is 3.49. The van der Waals surface area contributed by atoms with Crippen LogP contribution in [-0.4, -0.2) is 27.7 Å². The zero-order chi connectivity index (χ0) is 19.2. The number of nitrogens with zero attached hydrogens (tertiary/aromatic N) is 3. The molecule has 4 rings (SSSR count). The van der Waals surface area contributed by atoms with E-state index in [2.05, 4.69) is 22.3 Å². The van der Waals surface area contributed by atoms with Gasteiger partial charge in [-0.25, -0.2) is 4.79 Å². The maximum atomic E-state index is 12.5. The van der Waals surface area contributed by atoms with Gasteiger partial charge in [-0.2, -0.15) is 4.98 Å². The molecule has 6 heteroatoms. The summed E-state index contributed by atoms with van der Waals surface area (Å²) in [6.07, 6.45) is 3.99. The van der Waals surface area contributed by atoms with Gasteiger partial charge < -0.3 is 9.26 Å². The summed E-state index contributed by atoms with van der Waals surface area (Å²) in [5, 5.41) is 4.10. The average Bonchev–Trinajstić information content (AvgIpc) is 3.39. The molecule has 0 radical (unpaired) electrons. The van der Waals surface area contributed by atoms with Crippen LogP contribution in [0.3, 0.4) is 0 Å². The molecule has 0 aliphatic carbocycles. The van der Waals surface area contributed by atoms with Crippen molar-refractivity contribution in [2.45, 2.75) is 38.1 Å². The van der Waals surface area contributed by atoms with Gasteiger partial charge in [0.15, 0.2) is 5.82 Å². The molecule has 144 valence electrons. The first-order chi connectivity index (χ1) is 13.8. The van der Waals surface area contributed by atoms with Crippen molar-refractivity contribution in [3.63, 3.8) is 0 Å². The number of amides is 1. The van der Waals surface area contributed by atoms with E-state index in [4.69, 9.17) is 9.26 Å². The second-order valence-electron chi connectivity index (χ2n) is 6.92. The molecule has 1 aromatic heterocycles. The van der Waals surface area contributed by atoms with E-state index in [1.165, 1.54) is 5.56 Å². The maximum Gasteiger partial charge on any atom is 0.415 e. The number of carbonyl (C=O) groups is 1. The Hall–Kier alpha value is -3.15. The van der Waals surface area contributed by atoms with Gasteiger partial charge in [-0.3, -0.25) is 4.90 Å². The molecule has 2 heterocycles. The Morgan fingerprint density at radius 1 is 1.07 bits per heavy atom. The second kappa shape index (κ2) is 8.69. The Kier molecular flexibility index (Phi) is 5.66. The highest BCUT2D eigenvalue weighted by Crippen LogP contribution is 2.31. The molecule has 6 nitrogen and oxygen atoms in total. The van der Waals surface area contributed by atoms with Crippen LogP contribution < -0.4 is 4.74 Å². The molecule has 0 saturated carbocycles. The van der Waals surface area contributed by atoms with E-state index >= 15 is 0 Å². The Morgan fingerprint density at radius 3 is 2.61 bits per heavy atom. The quantitative estimate of drug-likeness (QED) is 0.629. The third-order valence-corrected chi connectivity index (χ3v) is 4.91. The van der Waals surface area contributed by atoms with Gasteiger partial charge in [0.25, 0.3) is 0 Å². The topological polar surface area (TPSA) is 68.5 Å². The normalized spacial score (nSPS) is 16.3. The molecule has 0 N–H and O–H groups in total. The number of hydrogen-bond donors (Lipinski definition) is 0. The van der Waals surface area contributed by atoms with Crippen LogP contribution in [0.15, 0.2) is 65.2 Å². The van der Waals surface area contributed by atoms with Crippen LogP contribution in [-0.2, 0) is 12.8 Å². The van der Waals surface area contributed by atoms with Gasteiger partial charge >= 0.3 is 6.09 Å². The van der Waals surface area contributed by atoms with Crippen molar-refractivity contribution in [3.8, 4) is 5.75 Å². The van der Waals surface area contributed by atoms with Crippen molar-refractivity contribution in [1.82, 2.24) is 15.0 Å². The molecule has 0 spiro atoms. The number of para-hydroxylation sites is 1. The fraction of sp³-hybridized carbons (Fsp3) is 0.318. The number of aromatic nitrogens is 2. The first-order valence-corrected chi connectivity index (χ1v) is 9.69. The summed E-state index contributed by atoms with van der Waals surface area (Å²) in [5.41, 5.74) is 1.30. The van der Waals surface area contributed by atoms with Crippen LogP contribution in [0.1, 0.15) is 42.6 Å². The Balaban J connectivity index is 1.35. The highest BCUT2D eigenvalue weighted by Gasteiger charge is 2.35. The summed E-state index contributed by atoms with van der Waals surface area (Å²) < 4.78 is 10.9. The zero-order valence-electron chi connectivity index (χ0n) is 15.7. The lowest BCUT2D eigenvalue weighted by Crippen LogP contribution is -2.33.